The maximum Gasteiger partial charge on any atom is 0.0723 e. The summed E-state index contributed by atoms with van der Waals surface area (Å²) in [5.74, 6) is 0. The fourth-order valence-electron chi connectivity index (χ4n) is 1.12. The number of rotatable bonds is 0. The molecular formula is C9H4I3N. The maximum atomic E-state index is 4.33. The molecule has 0 amide bonds. The summed E-state index contributed by atoms with van der Waals surface area (Å²) in [5.41, 5.74) is 1.08. The predicted octanol–water partition coefficient (Wildman–Crippen LogP) is 4.05. The Morgan fingerprint density at radius 1 is 1.08 bits per heavy atom. The van der Waals surface area contributed by atoms with E-state index >= 15 is 0 Å². The Bertz CT molecular complexity index is 468. The third kappa shape index (κ3) is 1.94. The molecule has 0 unspecified atom stereocenters. The summed E-state index contributed by atoms with van der Waals surface area (Å²) in [5, 5.41) is 1.24. The minimum absolute atomic E-state index is 1.08. The topological polar surface area (TPSA) is 12.9 Å². The Labute approximate surface area is 117 Å². The average molecular weight is 507 g/mol. The van der Waals surface area contributed by atoms with Crippen LogP contribution in [0.25, 0.3) is 10.9 Å². The van der Waals surface area contributed by atoms with Gasteiger partial charge in [0, 0.05) is 22.3 Å². The molecule has 1 aromatic carbocycles. The minimum Gasteiger partial charge on any atom is -0.256 e. The van der Waals surface area contributed by atoms with Gasteiger partial charge in [-0.3, -0.25) is 4.98 Å². The van der Waals surface area contributed by atoms with E-state index in [0.717, 1.165) is 5.52 Å². The summed E-state index contributed by atoms with van der Waals surface area (Å²) in [4.78, 5) is 4.33. The molecule has 2 rings (SSSR count). The van der Waals surface area contributed by atoms with Crippen molar-refractivity contribution >= 4 is 78.7 Å². The lowest BCUT2D eigenvalue weighted by molar-refractivity contribution is 1.39. The molecule has 0 saturated carbocycles. The Morgan fingerprint density at radius 3 is 2.62 bits per heavy atom. The van der Waals surface area contributed by atoms with Gasteiger partial charge in [0.05, 0.1) is 5.52 Å². The van der Waals surface area contributed by atoms with E-state index in [2.05, 4.69) is 84.9 Å². The van der Waals surface area contributed by atoms with Gasteiger partial charge in [-0.1, -0.05) is 6.07 Å². The lowest BCUT2D eigenvalue weighted by Gasteiger charge is -2.04. The van der Waals surface area contributed by atoms with Crippen molar-refractivity contribution in [2.24, 2.45) is 0 Å². The molecule has 0 radical (unpaired) electrons. The molecule has 0 saturated heterocycles. The molecule has 66 valence electrons. The molecule has 1 nitrogen and oxygen atoms in total. The fraction of sp³-hybridized carbons (Fsp3) is 0. The first-order valence-electron chi connectivity index (χ1n) is 3.58. The van der Waals surface area contributed by atoms with E-state index in [1.165, 1.54) is 16.1 Å². The Kier molecular flexibility index (Phi) is 3.29. The highest BCUT2D eigenvalue weighted by atomic mass is 127. The molecule has 13 heavy (non-hydrogen) atoms. The molecule has 4 heteroatoms. The lowest BCUT2D eigenvalue weighted by Crippen LogP contribution is -1.89. The molecule has 1 aromatic heterocycles. The zero-order valence-corrected chi connectivity index (χ0v) is 12.9. The highest BCUT2D eigenvalue weighted by Gasteiger charge is 2.06. The molecule has 2 aromatic rings. The van der Waals surface area contributed by atoms with Crippen LogP contribution in [0.3, 0.4) is 0 Å². The van der Waals surface area contributed by atoms with Crippen LogP contribution in [0.5, 0.6) is 0 Å². The summed E-state index contributed by atoms with van der Waals surface area (Å²) in [6.45, 7) is 0. The largest absolute Gasteiger partial charge is 0.256 e. The van der Waals surface area contributed by atoms with Crippen LogP contribution in [0.1, 0.15) is 0 Å². The molecule has 0 aliphatic heterocycles. The van der Waals surface area contributed by atoms with Gasteiger partial charge in [0.25, 0.3) is 0 Å². The SMILES string of the molecule is Ic1cc2ncccc2c(I)c1I. The van der Waals surface area contributed by atoms with E-state index in [-0.39, 0.29) is 0 Å². The minimum atomic E-state index is 1.08. The normalized spacial score (nSPS) is 10.7. The van der Waals surface area contributed by atoms with Crippen molar-refractivity contribution in [2.45, 2.75) is 0 Å². The number of benzene rings is 1. The summed E-state index contributed by atoms with van der Waals surface area (Å²) in [6, 6.07) is 6.22. The molecule has 0 aliphatic rings. The van der Waals surface area contributed by atoms with Crippen LogP contribution < -0.4 is 0 Å². The van der Waals surface area contributed by atoms with Crippen molar-refractivity contribution in [1.82, 2.24) is 4.98 Å². The van der Waals surface area contributed by atoms with Gasteiger partial charge in [-0.15, -0.1) is 0 Å². The molecule has 0 fully saturated rings. The molecule has 0 aliphatic carbocycles. The standard InChI is InChI=1S/C9H4I3N/c10-6-4-7-5(2-1-3-13-7)8(11)9(6)12/h1-4H. The molecule has 0 N–H and O–H groups in total. The zero-order valence-electron chi connectivity index (χ0n) is 6.39. The average Bonchev–Trinajstić information content (AvgIpc) is 2.15. The van der Waals surface area contributed by atoms with E-state index in [9.17, 15) is 0 Å². The number of aromatic nitrogens is 1. The van der Waals surface area contributed by atoms with Crippen LogP contribution in [0.4, 0.5) is 0 Å². The van der Waals surface area contributed by atoms with E-state index in [0.29, 0.717) is 0 Å². The van der Waals surface area contributed by atoms with Gasteiger partial charge in [-0.25, -0.2) is 0 Å². The Morgan fingerprint density at radius 2 is 1.85 bits per heavy atom. The number of halogens is 3. The molecular weight excluding hydrogens is 503 g/mol. The van der Waals surface area contributed by atoms with Crippen molar-refractivity contribution in [3.05, 3.63) is 35.1 Å². The van der Waals surface area contributed by atoms with Crippen molar-refractivity contribution < 1.29 is 0 Å². The van der Waals surface area contributed by atoms with E-state index < -0.39 is 0 Å². The Balaban J connectivity index is 2.94. The van der Waals surface area contributed by atoms with Crippen LogP contribution in [0, 0.1) is 10.7 Å². The van der Waals surface area contributed by atoms with Crippen LogP contribution in [0.15, 0.2) is 24.4 Å². The smallest absolute Gasteiger partial charge is 0.0723 e. The summed E-state index contributed by atoms with van der Waals surface area (Å²) < 4.78 is 3.89. The number of hydrogen-bond donors (Lipinski definition) is 0. The predicted molar refractivity (Wildman–Crippen MR) is 79.9 cm³/mol. The van der Waals surface area contributed by atoms with Gasteiger partial charge in [0.1, 0.15) is 0 Å². The second-order valence-corrected chi connectivity index (χ2v) is 5.88. The second-order valence-electron chi connectivity index (χ2n) is 2.56. The third-order valence-corrected chi connectivity index (χ3v) is 6.90. The number of hydrogen-bond acceptors (Lipinski definition) is 1. The van der Waals surface area contributed by atoms with Gasteiger partial charge >= 0.3 is 0 Å². The lowest BCUT2D eigenvalue weighted by atomic mass is 10.2. The molecule has 0 atom stereocenters. The summed E-state index contributed by atoms with van der Waals surface area (Å²) in [7, 11) is 0. The van der Waals surface area contributed by atoms with Gasteiger partial charge < -0.3 is 0 Å². The van der Waals surface area contributed by atoms with Gasteiger partial charge in [0.2, 0.25) is 0 Å². The quantitative estimate of drug-likeness (QED) is 0.388. The zero-order chi connectivity index (χ0) is 9.42. The van der Waals surface area contributed by atoms with Gasteiger partial charge in [0.15, 0.2) is 0 Å². The van der Waals surface area contributed by atoms with Crippen LogP contribution in [0.2, 0.25) is 0 Å². The van der Waals surface area contributed by atoms with Crippen molar-refractivity contribution in [2.75, 3.05) is 0 Å². The second kappa shape index (κ2) is 4.13. The van der Waals surface area contributed by atoms with Gasteiger partial charge in [-0.05, 0) is 79.9 Å². The van der Waals surface area contributed by atoms with Crippen molar-refractivity contribution in [1.29, 1.82) is 0 Å². The van der Waals surface area contributed by atoms with Crippen LogP contribution in [-0.2, 0) is 0 Å². The molecule has 0 spiro atoms. The van der Waals surface area contributed by atoms with E-state index in [1.54, 1.807) is 0 Å². The first-order valence-corrected chi connectivity index (χ1v) is 6.82. The number of pyridine rings is 1. The summed E-state index contributed by atoms with van der Waals surface area (Å²) in [6.07, 6.45) is 1.83. The number of fused-ring (bicyclic) bond motifs is 1. The molecule has 0 bridgehead atoms. The first kappa shape index (κ1) is 10.3. The number of nitrogens with zero attached hydrogens (tertiary/aromatic N) is 1. The van der Waals surface area contributed by atoms with Crippen LogP contribution in [-0.4, -0.2) is 4.98 Å². The van der Waals surface area contributed by atoms with Crippen molar-refractivity contribution in [3.63, 3.8) is 0 Å². The first-order chi connectivity index (χ1) is 6.20. The highest BCUT2D eigenvalue weighted by Crippen LogP contribution is 2.28. The third-order valence-electron chi connectivity index (χ3n) is 1.74. The molecule has 1 heterocycles. The van der Waals surface area contributed by atoms with E-state index in [1.807, 2.05) is 12.3 Å². The fourth-order valence-corrected chi connectivity index (χ4v) is 3.40. The van der Waals surface area contributed by atoms with E-state index in [4.69, 9.17) is 0 Å². The summed E-state index contributed by atoms with van der Waals surface area (Å²) >= 11 is 7.10. The maximum absolute atomic E-state index is 4.33. The highest BCUT2D eigenvalue weighted by molar-refractivity contribution is 14.1. The Hall–Kier alpha value is 0.820. The van der Waals surface area contributed by atoms with Crippen molar-refractivity contribution in [3.8, 4) is 0 Å². The van der Waals surface area contributed by atoms with Gasteiger partial charge in [-0.2, -0.15) is 0 Å². The monoisotopic (exact) mass is 507 g/mol. The van der Waals surface area contributed by atoms with Crippen LogP contribution >= 0.6 is 67.8 Å².